The van der Waals surface area contributed by atoms with E-state index in [9.17, 15) is 8.42 Å². The van der Waals surface area contributed by atoms with Gasteiger partial charge in [0.05, 0.1) is 5.25 Å². The highest BCUT2D eigenvalue weighted by atomic mass is 32.2. The zero-order valence-electron chi connectivity index (χ0n) is 18.7. The first-order valence-corrected chi connectivity index (χ1v) is 12.2. The summed E-state index contributed by atoms with van der Waals surface area (Å²) in [6, 6.07) is 7.98. The van der Waals surface area contributed by atoms with Gasteiger partial charge in [0.25, 0.3) is 0 Å². The van der Waals surface area contributed by atoms with Gasteiger partial charge in [0.15, 0.2) is 0 Å². The van der Waals surface area contributed by atoms with Gasteiger partial charge in [0, 0.05) is 47.0 Å². The van der Waals surface area contributed by atoms with Crippen LogP contribution in [0.15, 0.2) is 36.7 Å². The van der Waals surface area contributed by atoms with E-state index in [2.05, 4.69) is 35.0 Å². The summed E-state index contributed by atoms with van der Waals surface area (Å²) >= 11 is 0. The molecule has 3 aromatic rings. The van der Waals surface area contributed by atoms with Gasteiger partial charge in [0.1, 0.15) is 17.6 Å². The topological polar surface area (TPSA) is 87.8 Å². The fraction of sp³-hybridized carbons (Fsp3) is 0.417. The molecule has 1 atom stereocenters. The van der Waals surface area contributed by atoms with Crippen molar-refractivity contribution in [1.82, 2.24) is 14.3 Å². The number of nitriles is 1. The Labute approximate surface area is 188 Å². The third-order valence-electron chi connectivity index (χ3n) is 5.61. The maximum atomic E-state index is 15.2. The Morgan fingerprint density at radius 3 is 2.59 bits per heavy atom. The van der Waals surface area contributed by atoms with Crippen LogP contribution in [0.4, 0.5) is 4.39 Å². The van der Waals surface area contributed by atoms with E-state index < -0.39 is 21.9 Å². The number of fused-ring (bicyclic) bond motifs is 1. The molecule has 1 fully saturated rings. The van der Waals surface area contributed by atoms with Gasteiger partial charge in [-0.3, -0.25) is 0 Å². The molecule has 2 heterocycles. The van der Waals surface area contributed by atoms with Crippen molar-refractivity contribution in [2.24, 2.45) is 5.41 Å². The largest absolute Gasteiger partial charge is 0.347 e. The molecule has 32 heavy (non-hydrogen) atoms. The first-order valence-electron chi connectivity index (χ1n) is 10.7. The highest BCUT2D eigenvalue weighted by Gasteiger charge is 2.37. The second-order valence-corrected chi connectivity index (χ2v) is 11.7. The van der Waals surface area contributed by atoms with Gasteiger partial charge in [-0.1, -0.05) is 20.8 Å². The van der Waals surface area contributed by atoms with Crippen LogP contribution in [-0.2, 0) is 16.6 Å². The van der Waals surface area contributed by atoms with E-state index in [1.807, 2.05) is 12.3 Å². The van der Waals surface area contributed by atoms with Crippen LogP contribution in [0.3, 0.4) is 0 Å². The lowest BCUT2D eigenvalue weighted by molar-refractivity contribution is 0.349. The second-order valence-electron chi connectivity index (χ2n) is 9.75. The number of hydrogen-bond acceptors (Lipinski definition) is 4. The van der Waals surface area contributed by atoms with Crippen LogP contribution in [-0.4, -0.2) is 23.2 Å². The predicted octanol–water partition coefficient (Wildman–Crippen LogP) is 4.90. The number of nitrogens with zero attached hydrogens (tertiary/aromatic N) is 3. The molecule has 1 saturated carbocycles. The van der Waals surface area contributed by atoms with Crippen LogP contribution in [0.2, 0.25) is 0 Å². The van der Waals surface area contributed by atoms with Gasteiger partial charge >= 0.3 is 0 Å². The molecule has 0 radical (unpaired) electrons. The number of nitrogens with one attached hydrogen (secondary N) is 1. The summed E-state index contributed by atoms with van der Waals surface area (Å²) in [4.78, 5) is 4.06. The van der Waals surface area contributed by atoms with Gasteiger partial charge in [-0.25, -0.2) is 22.5 Å². The van der Waals surface area contributed by atoms with Gasteiger partial charge in [-0.2, -0.15) is 5.26 Å². The van der Waals surface area contributed by atoms with E-state index in [4.69, 9.17) is 5.26 Å². The van der Waals surface area contributed by atoms with Gasteiger partial charge in [0.2, 0.25) is 10.0 Å². The van der Waals surface area contributed by atoms with Crippen LogP contribution in [0, 0.1) is 22.6 Å². The smallest absolute Gasteiger partial charge is 0.215 e. The number of aromatic nitrogens is 2. The minimum absolute atomic E-state index is 0.0372. The molecule has 4 rings (SSSR count). The van der Waals surface area contributed by atoms with Crippen LogP contribution in [0.5, 0.6) is 0 Å². The molecule has 0 spiro atoms. The molecule has 1 aromatic carbocycles. The molecule has 1 unspecified atom stereocenters. The molecule has 1 N–H and O–H groups in total. The number of pyridine rings is 1. The van der Waals surface area contributed by atoms with E-state index in [0.717, 1.165) is 11.1 Å². The number of halogens is 1. The normalized spacial score (nSPS) is 15.6. The molecule has 0 amide bonds. The lowest BCUT2D eigenvalue weighted by Gasteiger charge is -2.20. The average Bonchev–Trinajstić information content (AvgIpc) is 3.51. The number of benzene rings is 1. The highest BCUT2D eigenvalue weighted by Crippen LogP contribution is 2.36. The molecule has 6 nitrogen and oxygen atoms in total. The van der Waals surface area contributed by atoms with Crippen molar-refractivity contribution in [3.05, 3.63) is 53.7 Å². The van der Waals surface area contributed by atoms with Gasteiger partial charge in [-0.05, 0) is 55.0 Å². The number of hydrogen-bond donors (Lipinski definition) is 1. The second kappa shape index (κ2) is 7.98. The Morgan fingerprint density at radius 2 is 2.03 bits per heavy atom. The fourth-order valence-electron chi connectivity index (χ4n) is 3.95. The van der Waals surface area contributed by atoms with Crippen LogP contribution >= 0.6 is 0 Å². The molecule has 0 saturated heterocycles. The maximum Gasteiger partial charge on any atom is 0.215 e. The van der Waals surface area contributed by atoms with Crippen LogP contribution in [0.25, 0.3) is 22.0 Å². The minimum atomic E-state index is -3.38. The van der Waals surface area contributed by atoms with E-state index in [0.29, 0.717) is 35.9 Å². The molecule has 1 aliphatic rings. The summed E-state index contributed by atoms with van der Waals surface area (Å²) in [5, 5.41) is 9.34. The Bertz CT molecular complexity index is 1310. The summed E-state index contributed by atoms with van der Waals surface area (Å²) in [5.41, 5.74) is 2.77. The van der Waals surface area contributed by atoms with Gasteiger partial charge < -0.3 is 4.57 Å². The molecule has 0 aliphatic heterocycles. The van der Waals surface area contributed by atoms with Crippen LogP contribution < -0.4 is 4.72 Å². The van der Waals surface area contributed by atoms with E-state index in [1.54, 1.807) is 25.1 Å². The molecule has 168 valence electrons. The van der Waals surface area contributed by atoms with Gasteiger partial charge in [-0.15, -0.1) is 0 Å². The lowest BCUT2D eigenvalue weighted by Crippen LogP contribution is -2.29. The van der Waals surface area contributed by atoms with E-state index in [-0.39, 0.29) is 16.4 Å². The quantitative estimate of drug-likeness (QED) is 0.574. The Hall–Kier alpha value is -2.76. The SMILES string of the molecule is CC(NS(=O)(=O)C1CC1)c1cn(CC(C)(C)C)c2cc(-c3ccc(C#N)nc3)c(F)cc12. The third kappa shape index (κ3) is 4.54. The Morgan fingerprint density at radius 1 is 1.31 bits per heavy atom. The molecule has 0 bridgehead atoms. The summed E-state index contributed by atoms with van der Waals surface area (Å²) in [6.45, 7) is 8.83. The van der Waals surface area contributed by atoms with Crippen molar-refractivity contribution >= 4 is 20.9 Å². The molecular formula is C24H27FN4O2S. The van der Waals surface area contributed by atoms with Crippen molar-refractivity contribution in [2.75, 3.05) is 0 Å². The van der Waals surface area contributed by atoms with E-state index in [1.165, 1.54) is 12.3 Å². The standard InChI is InChI=1S/C24H27FN4O2S/c1-15(28-32(30,31)18-7-8-18)21-13-29(14-24(2,3)4)23-10-19(22(25)9-20(21)23)16-5-6-17(11-26)27-12-16/h5-6,9-10,12-13,15,18,28H,7-8,14H2,1-4H3. The minimum Gasteiger partial charge on any atom is -0.347 e. The van der Waals surface area contributed by atoms with Crippen molar-refractivity contribution < 1.29 is 12.8 Å². The maximum absolute atomic E-state index is 15.2. The molecular weight excluding hydrogens is 427 g/mol. The highest BCUT2D eigenvalue weighted by molar-refractivity contribution is 7.90. The number of sulfonamides is 1. The fourth-order valence-corrected chi connectivity index (χ4v) is 5.52. The lowest BCUT2D eigenvalue weighted by atomic mass is 9.97. The van der Waals surface area contributed by atoms with Crippen molar-refractivity contribution in [1.29, 1.82) is 5.26 Å². The van der Waals surface area contributed by atoms with Crippen molar-refractivity contribution in [2.45, 2.75) is 58.4 Å². The first-order chi connectivity index (χ1) is 15.0. The molecule has 8 heteroatoms. The Balaban J connectivity index is 1.83. The predicted molar refractivity (Wildman–Crippen MR) is 123 cm³/mol. The van der Waals surface area contributed by atoms with E-state index >= 15 is 4.39 Å². The molecule has 2 aromatic heterocycles. The summed E-state index contributed by atoms with van der Waals surface area (Å²) in [6.07, 6.45) is 4.79. The summed E-state index contributed by atoms with van der Waals surface area (Å²) in [5.74, 6) is -0.420. The zero-order chi connectivity index (χ0) is 23.3. The molecule has 1 aliphatic carbocycles. The Kier molecular flexibility index (Phi) is 5.60. The zero-order valence-corrected chi connectivity index (χ0v) is 19.5. The summed E-state index contributed by atoms with van der Waals surface area (Å²) < 4.78 is 45.0. The first kappa shape index (κ1) is 22.4. The third-order valence-corrected chi connectivity index (χ3v) is 7.64. The number of rotatable bonds is 6. The van der Waals surface area contributed by atoms with Crippen molar-refractivity contribution in [3.8, 4) is 17.2 Å². The van der Waals surface area contributed by atoms with Crippen molar-refractivity contribution in [3.63, 3.8) is 0 Å². The monoisotopic (exact) mass is 454 g/mol. The summed E-state index contributed by atoms with van der Waals surface area (Å²) in [7, 11) is -3.38. The van der Waals surface area contributed by atoms with Crippen LogP contribution in [0.1, 0.15) is 57.8 Å². The average molecular weight is 455 g/mol.